The van der Waals surface area contributed by atoms with Gasteiger partial charge in [0, 0.05) is 12.3 Å². The highest BCUT2D eigenvalue weighted by atomic mass is 16.3. The van der Waals surface area contributed by atoms with Crippen LogP contribution < -0.4 is 10.9 Å². The van der Waals surface area contributed by atoms with E-state index in [0.29, 0.717) is 11.4 Å². The molecule has 1 saturated carbocycles. The lowest BCUT2D eigenvalue weighted by Crippen LogP contribution is -2.27. The number of aromatic nitrogens is 2. The van der Waals surface area contributed by atoms with Gasteiger partial charge in [-0.1, -0.05) is 37.8 Å². The molecule has 0 bridgehead atoms. The molecule has 4 rings (SSSR count). The highest BCUT2D eigenvalue weighted by molar-refractivity contribution is 5.94. The summed E-state index contributed by atoms with van der Waals surface area (Å²) in [6, 6.07) is 7.05. The summed E-state index contributed by atoms with van der Waals surface area (Å²) in [5.41, 5.74) is 1.25. The first kappa shape index (κ1) is 16.0. The zero-order valence-corrected chi connectivity index (χ0v) is 14.1. The molecule has 0 saturated heterocycles. The maximum Gasteiger partial charge on any atom is 0.270 e. The number of nitrogens with one attached hydrogen (secondary N) is 2. The van der Waals surface area contributed by atoms with E-state index in [1.165, 1.54) is 12.8 Å². The molecule has 2 heterocycles. The Hall–Kier alpha value is -2.50. The van der Waals surface area contributed by atoms with Gasteiger partial charge in [-0.2, -0.15) is 0 Å². The molecular formula is C19H23N3O3. The van der Waals surface area contributed by atoms with Crippen molar-refractivity contribution >= 4 is 11.7 Å². The van der Waals surface area contributed by atoms with E-state index >= 15 is 0 Å². The number of H-pyrrole nitrogens is 1. The number of hydrogen-bond donors (Lipinski definition) is 3. The van der Waals surface area contributed by atoms with Crippen LogP contribution >= 0.6 is 0 Å². The lowest BCUT2D eigenvalue weighted by Gasteiger charge is -2.26. The van der Waals surface area contributed by atoms with Crippen LogP contribution in [0, 0.1) is 0 Å². The largest absolute Gasteiger partial charge is 0.508 e. The van der Waals surface area contributed by atoms with Gasteiger partial charge in [-0.25, -0.2) is 0 Å². The Morgan fingerprint density at radius 2 is 1.84 bits per heavy atom. The van der Waals surface area contributed by atoms with Crippen molar-refractivity contribution in [2.45, 2.75) is 56.9 Å². The second-order valence-electron chi connectivity index (χ2n) is 7.12. The molecule has 1 aliphatic heterocycles. The lowest BCUT2D eigenvalue weighted by atomic mass is 9.87. The molecule has 1 aromatic heterocycles. The minimum atomic E-state index is -0.327. The first-order valence-corrected chi connectivity index (χ1v) is 9.06. The number of aromatic hydroxyl groups is 1. The van der Waals surface area contributed by atoms with Gasteiger partial charge in [0.25, 0.3) is 5.56 Å². The molecule has 0 spiro atoms. The van der Waals surface area contributed by atoms with Crippen molar-refractivity contribution in [3.8, 4) is 5.75 Å². The van der Waals surface area contributed by atoms with Gasteiger partial charge >= 0.3 is 0 Å². The predicted molar refractivity (Wildman–Crippen MR) is 95.0 cm³/mol. The molecule has 3 N–H and O–H groups in total. The molecule has 2 aromatic rings. The van der Waals surface area contributed by atoms with E-state index in [-0.39, 0.29) is 35.6 Å². The van der Waals surface area contributed by atoms with Gasteiger partial charge < -0.3 is 10.4 Å². The van der Waals surface area contributed by atoms with Crippen molar-refractivity contribution in [3.63, 3.8) is 0 Å². The number of phenols is 1. The summed E-state index contributed by atoms with van der Waals surface area (Å²) in [5.74, 6) is 0.333. The molecule has 25 heavy (non-hydrogen) atoms. The minimum Gasteiger partial charge on any atom is -0.508 e. The van der Waals surface area contributed by atoms with Crippen molar-refractivity contribution in [2.75, 3.05) is 5.32 Å². The molecule has 1 amide bonds. The number of carbonyl (C=O) groups excluding carboxylic acids is 1. The average molecular weight is 341 g/mol. The second kappa shape index (κ2) is 6.43. The number of phenolic OH excluding ortho intramolecular Hbond substituents is 1. The highest BCUT2D eigenvalue weighted by Gasteiger charge is 2.34. The molecule has 6 heteroatoms. The Bertz CT molecular complexity index is 844. The first-order valence-electron chi connectivity index (χ1n) is 9.06. The van der Waals surface area contributed by atoms with Gasteiger partial charge in [0.15, 0.2) is 0 Å². The summed E-state index contributed by atoms with van der Waals surface area (Å²) < 4.78 is 1.88. The summed E-state index contributed by atoms with van der Waals surface area (Å²) in [6.07, 6.45) is 6.99. The van der Waals surface area contributed by atoms with E-state index in [1.807, 2.05) is 10.7 Å². The number of carbonyl (C=O) groups is 1. The van der Waals surface area contributed by atoms with Crippen LogP contribution in [-0.2, 0) is 4.79 Å². The monoisotopic (exact) mass is 341 g/mol. The van der Waals surface area contributed by atoms with Crippen molar-refractivity contribution in [2.24, 2.45) is 0 Å². The smallest absolute Gasteiger partial charge is 0.270 e. The van der Waals surface area contributed by atoms with E-state index in [2.05, 4.69) is 10.4 Å². The van der Waals surface area contributed by atoms with Crippen LogP contribution in [-0.4, -0.2) is 20.8 Å². The number of amides is 1. The van der Waals surface area contributed by atoms with Crippen LogP contribution in [0.3, 0.4) is 0 Å². The SMILES string of the molecule is O=C1C[C@H](c2cccc(O)c2)c2c(n(C3CCCCCC3)[nH]c2=O)N1. The highest BCUT2D eigenvalue weighted by Crippen LogP contribution is 2.38. The Balaban J connectivity index is 1.79. The fraction of sp³-hybridized carbons (Fsp3) is 0.474. The van der Waals surface area contributed by atoms with E-state index in [0.717, 1.165) is 31.2 Å². The lowest BCUT2D eigenvalue weighted by molar-refractivity contribution is -0.116. The number of aromatic amines is 1. The average Bonchev–Trinajstić information content (AvgIpc) is 2.78. The zero-order chi connectivity index (χ0) is 17.4. The van der Waals surface area contributed by atoms with Crippen LogP contribution in [0.15, 0.2) is 29.1 Å². The maximum atomic E-state index is 12.7. The zero-order valence-electron chi connectivity index (χ0n) is 14.1. The number of hydrogen-bond acceptors (Lipinski definition) is 3. The van der Waals surface area contributed by atoms with E-state index in [1.54, 1.807) is 18.2 Å². The van der Waals surface area contributed by atoms with E-state index < -0.39 is 0 Å². The van der Waals surface area contributed by atoms with E-state index in [9.17, 15) is 14.7 Å². The minimum absolute atomic E-state index is 0.0952. The predicted octanol–water partition coefficient (Wildman–Crippen LogP) is 3.25. The summed E-state index contributed by atoms with van der Waals surface area (Å²) in [7, 11) is 0. The fourth-order valence-corrected chi connectivity index (χ4v) is 4.20. The molecule has 132 valence electrons. The van der Waals surface area contributed by atoms with Gasteiger partial charge in [-0.05, 0) is 30.5 Å². The number of benzene rings is 1. The van der Waals surface area contributed by atoms with Crippen molar-refractivity contribution in [1.29, 1.82) is 0 Å². The van der Waals surface area contributed by atoms with Crippen molar-refractivity contribution in [1.82, 2.24) is 9.78 Å². The standard InChI is InChI=1S/C19H23N3O3/c23-14-9-5-6-12(10-14)15-11-16(24)20-18-17(15)19(25)21-22(18)13-7-3-1-2-4-8-13/h5-6,9-10,13,15,23H,1-4,7-8,11H2,(H,20,24)(H,21,25)/t15-/m1/s1. The molecular weight excluding hydrogens is 318 g/mol. The molecule has 2 aliphatic rings. The van der Waals surface area contributed by atoms with Crippen molar-refractivity contribution in [3.05, 3.63) is 45.7 Å². The van der Waals surface area contributed by atoms with Crippen LogP contribution in [0.5, 0.6) is 5.75 Å². The van der Waals surface area contributed by atoms with Crippen LogP contribution in [0.2, 0.25) is 0 Å². The number of nitrogens with zero attached hydrogens (tertiary/aromatic N) is 1. The Morgan fingerprint density at radius 1 is 1.08 bits per heavy atom. The summed E-state index contributed by atoms with van der Waals surface area (Å²) in [4.78, 5) is 25.0. The van der Waals surface area contributed by atoms with Crippen LogP contribution in [0.25, 0.3) is 0 Å². The quantitative estimate of drug-likeness (QED) is 0.733. The summed E-state index contributed by atoms with van der Waals surface area (Å²) >= 11 is 0. The second-order valence-corrected chi connectivity index (χ2v) is 7.12. The van der Waals surface area contributed by atoms with Gasteiger partial charge in [-0.15, -0.1) is 0 Å². The molecule has 1 fully saturated rings. The van der Waals surface area contributed by atoms with E-state index in [4.69, 9.17) is 0 Å². The Kier molecular flexibility index (Phi) is 4.11. The topological polar surface area (TPSA) is 87.1 Å². The maximum absolute atomic E-state index is 12.7. The number of anilines is 1. The molecule has 1 aliphatic carbocycles. The van der Waals surface area contributed by atoms with Gasteiger partial charge in [0.2, 0.25) is 5.91 Å². The number of fused-ring (bicyclic) bond motifs is 1. The molecule has 0 radical (unpaired) electrons. The summed E-state index contributed by atoms with van der Waals surface area (Å²) in [6.45, 7) is 0. The van der Waals surface area contributed by atoms with Crippen molar-refractivity contribution < 1.29 is 9.90 Å². The summed E-state index contributed by atoms with van der Waals surface area (Å²) in [5, 5.41) is 15.7. The van der Waals surface area contributed by atoms with Gasteiger partial charge in [-0.3, -0.25) is 19.4 Å². The third-order valence-electron chi connectivity index (χ3n) is 5.42. The fourth-order valence-electron chi connectivity index (χ4n) is 4.20. The van der Waals surface area contributed by atoms with Crippen LogP contribution in [0.1, 0.15) is 68.0 Å². The van der Waals surface area contributed by atoms with Gasteiger partial charge in [0.05, 0.1) is 11.6 Å². The first-order chi connectivity index (χ1) is 12.1. The Labute approximate surface area is 145 Å². The Morgan fingerprint density at radius 3 is 2.56 bits per heavy atom. The van der Waals surface area contributed by atoms with Crippen LogP contribution in [0.4, 0.5) is 5.82 Å². The molecule has 1 atom stereocenters. The molecule has 1 aromatic carbocycles. The normalized spacial score (nSPS) is 21.4. The molecule has 6 nitrogen and oxygen atoms in total. The molecule has 0 unspecified atom stereocenters. The van der Waals surface area contributed by atoms with Gasteiger partial charge in [0.1, 0.15) is 11.6 Å². The number of rotatable bonds is 2. The third-order valence-corrected chi connectivity index (χ3v) is 5.42. The third kappa shape index (κ3) is 2.97.